The number of rotatable bonds is 12. The molecule has 0 unspecified atom stereocenters. The van der Waals surface area contributed by atoms with Crippen molar-refractivity contribution in [1.29, 1.82) is 0 Å². The number of anilines is 2. The van der Waals surface area contributed by atoms with Gasteiger partial charge in [-0.2, -0.15) is 0 Å². The van der Waals surface area contributed by atoms with E-state index in [0.717, 1.165) is 27.6 Å². The number of amides is 4. The minimum absolute atomic E-state index is 0.0160. The van der Waals surface area contributed by atoms with E-state index >= 15 is 0 Å². The number of fused-ring (bicyclic) bond motifs is 2. The van der Waals surface area contributed by atoms with Crippen LogP contribution in [0.5, 0.6) is 0 Å². The van der Waals surface area contributed by atoms with E-state index in [1.54, 1.807) is 0 Å². The van der Waals surface area contributed by atoms with Gasteiger partial charge in [0, 0.05) is 12.8 Å². The molecule has 15 heteroatoms. The molecule has 2 aromatic carbocycles. The predicted molar refractivity (Wildman–Crippen MR) is 146 cm³/mol. The van der Waals surface area contributed by atoms with Gasteiger partial charge in [-0.25, -0.2) is 24.2 Å². The first-order chi connectivity index (χ1) is 19.2. The zero-order valence-electron chi connectivity index (χ0n) is 20.9. The molecular weight excluding hydrogens is 566 g/mol. The highest BCUT2D eigenvalue weighted by Crippen LogP contribution is 2.27. The van der Waals surface area contributed by atoms with E-state index in [4.69, 9.17) is 5.21 Å². The fourth-order valence-corrected chi connectivity index (χ4v) is 5.57. The molecule has 11 nitrogen and oxygen atoms in total. The van der Waals surface area contributed by atoms with Crippen LogP contribution in [0.1, 0.15) is 32.1 Å². The van der Waals surface area contributed by atoms with Crippen LogP contribution in [-0.4, -0.2) is 56.8 Å². The van der Waals surface area contributed by atoms with Crippen LogP contribution in [0.3, 0.4) is 0 Å². The zero-order valence-corrected chi connectivity index (χ0v) is 22.5. The highest BCUT2D eigenvalue weighted by Gasteiger charge is 2.22. The predicted octanol–water partition coefficient (Wildman–Crippen LogP) is 4.05. The summed E-state index contributed by atoms with van der Waals surface area (Å²) in [5.41, 5.74) is 2.54. The highest BCUT2D eigenvalue weighted by atomic mass is 32.1. The number of halogens is 2. The van der Waals surface area contributed by atoms with Crippen LogP contribution in [0.2, 0.25) is 0 Å². The van der Waals surface area contributed by atoms with Gasteiger partial charge in [0.25, 0.3) is 0 Å². The summed E-state index contributed by atoms with van der Waals surface area (Å²) in [6, 6.07) is 8.07. The highest BCUT2D eigenvalue weighted by molar-refractivity contribution is 7.22. The van der Waals surface area contributed by atoms with Crippen molar-refractivity contribution >= 4 is 77.0 Å². The molecule has 210 valence electrons. The maximum Gasteiger partial charge on any atom is 0.245 e. The molecule has 2 aromatic heterocycles. The molecule has 2 heterocycles. The molecule has 0 fully saturated rings. The molecule has 40 heavy (non-hydrogen) atoms. The maximum atomic E-state index is 13.5. The second-order valence-corrected chi connectivity index (χ2v) is 10.8. The number of thiazole rings is 2. The average molecular weight is 591 g/mol. The lowest BCUT2D eigenvalue weighted by Gasteiger charge is -2.21. The van der Waals surface area contributed by atoms with Gasteiger partial charge in [-0.15, -0.1) is 0 Å². The van der Waals surface area contributed by atoms with E-state index in [1.165, 1.54) is 41.9 Å². The monoisotopic (exact) mass is 590 g/mol. The number of hydrogen-bond donors (Lipinski definition) is 4. The van der Waals surface area contributed by atoms with Gasteiger partial charge in [0.05, 0.1) is 20.4 Å². The van der Waals surface area contributed by atoms with Gasteiger partial charge in [0.1, 0.15) is 24.7 Å². The Bertz CT molecular complexity index is 1460. The number of carbonyl (C=O) groups is 4. The summed E-state index contributed by atoms with van der Waals surface area (Å²) in [6.45, 7) is -0.900. The molecule has 0 saturated carbocycles. The Kier molecular flexibility index (Phi) is 9.63. The van der Waals surface area contributed by atoms with Crippen LogP contribution in [0.15, 0.2) is 36.4 Å². The topological polar surface area (TPSA) is 154 Å². The van der Waals surface area contributed by atoms with Gasteiger partial charge in [-0.1, -0.05) is 29.1 Å². The van der Waals surface area contributed by atoms with Crippen molar-refractivity contribution in [3.05, 3.63) is 48.0 Å². The summed E-state index contributed by atoms with van der Waals surface area (Å²) in [5.74, 6) is -3.07. The van der Waals surface area contributed by atoms with Crippen molar-refractivity contribution in [2.45, 2.75) is 32.1 Å². The number of nitrogens with one attached hydrogen (secondary N) is 3. The van der Waals surface area contributed by atoms with E-state index in [9.17, 15) is 28.0 Å². The Hall–Kier alpha value is -4.08. The fraction of sp³-hybridized carbons (Fsp3) is 0.280. The molecule has 0 spiro atoms. The summed E-state index contributed by atoms with van der Waals surface area (Å²) in [6.07, 6.45) is 1.45. The number of hydrogen-bond acceptors (Lipinski definition) is 9. The van der Waals surface area contributed by atoms with E-state index in [2.05, 4.69) is 20.6 Å². The fourth-order valence-electron chi connectivity index (χ4n) is 3.75. The Labute approximate surface area is 234 Å². The zero-order chi connectivity index (χ0) is 28.6. The lowest BCUT2D eigenvalue weighted by Crippen LogP contribution is -2.42. The van der Waals surface area contributed by atoms with E-state index in [0.29, 0.717) is 39.7 Å². The van der Waals surface area contributed by atoms with Gasteiger partial charge in [0.15, 0.2) is 10.3 Å². The summed E-state index contributed by atoms with van der Waals surface area (Å²) in [7, 11) is 0. The van der Waals surface area contributed by atoms with E-state index in [1.807, 2.05) is 0 Å². The van der Waals surface area contributed by atoms with Crippen molar-refractivity contribution in [3.8, 4) is 0 Å². The molecule has 0 bridgehead atoms. The largest absolute Gasteiger partial charge is 0.324 e. The van der Waals surface area contributed by atoms with Crippen LogP contribution in [0.4, 0.5) is 19.0 Å². The summed E-state index contributed by atoms with van der Waals surface area (Å²) in [4.78, 5) is 59.2. The van der Waals surface area contributed by atoms with Crippen LogP contribution in [0.25, 0.3) is 20.4 Å². The van der Waals surface area contributed by atoms with Gasteiger partial charge in [0.2, 0.25) is 23.6 Å². The van der Waals surface area contributed by atoms with Crippen molar-refractivity contribution in [3.63, 3.8) is 0 Å². The Morgan fingerprint density at radius 2 is 1.25 bits per heavy atom. The average Bonchev–Trinajstić information content (AvgIpc) is 3.49. The maximum absolute atomic E-state index is 13.5. The lowest BCUT2D eigenvalue weighted by atomic mass is 10.1. The van der Waals surface area contributed by atoms with Crippen LogP contribution in [0, 0.1) is 11.6 Å². The molecule has 0 aliphatic heterocycles. The molecule has 4 N–H and O–H groups in total. The molecular formula is C25H24F2N6O5S2. The summed E-state index contributed by atoms with van der Waals surface area (Å²) < 4.78 is 28.1. The number of nitrogens with zero attached hydrogens (tertiary/aromatic N) is 3. The molecule has 0 atom stereocenters. The molecule has 0 radical (unpaired) electrons. The van der Waals surface area contributed by atoms with Gasteiger partial charge >= 0.3 is 0 Å². The van der Waals surface area contributed by atoms with Crippen LogP contribution in [-0.2, 0) is 19.2 Å². The third-order valence-electron chi connectivity index (χ3n) is 5.63. The Balaban J connectivity index is 1.39. The Morgan fingerprint density at radius 3 is 1.75 bits per heavy atom. The van der Waals surface area contributed by atoms with Crippen LogP contribution < -0.4 is 16.1 Å². The minimum Gasteiger partial charge on any atom is -0.324 e. The molecule has 4 rings (SSSR count). The molecule has 4 amide bonds. The number of carbonyl (C=O) groups excluding carboxylic acids is 4. The van der Waals surface area contributed by atoms with Gasteiger partial charge in [-0.3, -0.25) is 24.4 Å². The number of aromatic nitrogens is 2. The van der Waals surface area contributed by atoms with E-state index in [-0.39, 0.29) is 23.1 Å². The first kappa shape index (κ1) is 28.9. The normalized spacial score (nSPS) is 11.0. The third-order valence-corrected chi connectivity index (χ3v) is 7.50. The van der Waals surface area contributed by atoms with Gasteiger partial charge in [-0.05, 0) is 49.2 Å². The summed E-state index contributed by atoms with van der Waals surface area (Å²) in [5, 5.41) is 14.2. The second kappa shape index (κ2) is 13.3. The van der Waals surface area contributed by atoms with Gasteiger partial charge < -0.3 is 15.5 Å². The van der Waals surface area contributed by atoms with Crippen molar-refractivity contribution in [2.75, 3.05) is 23.7 Å². The SMILES string of the molecule is O=C(CCCCCC(=O)N(CC(=O)Nc1nc2ccc(F)cc2s1)CC(=O)Nc1nc2ccc(F)cc2s1)NO. The van der Waals surface area contributed by atoms with E-state index < -0.39 is 48.4 Å². The lowest BCUT2D eigenvalue weighted by molar-refractivity contribution is -0.137. The first-order valence-corrected chi connectivity index (χ1v) is 13.8. The molecule has 4 aromatic rings. The molecule has 0 saturated heterocycles. The number of unbranched alkanes of at least 4 members (excludes halogenated alkanes) is 2. The Morgan fingerprint density at radius 1 is 0.750 bits per heavy atom. The smallest absolute Gasteiger partial charge is 0.245 e. The second-order valence-electron chi connectivity index (χ2n) is 8.70. The van der Waals surface area contributed by atoms with Crippen molar-refractivity contribution < 1.29 is 33.2 Å². The van der Waals surface area contributed by atoms with Crippen molar-refractivity contribution in [2.24, 2.45) is 0 Å². The standard InChI is InChI=1S/C25H24F2N6O5S2/c26-14-6-8-16-18(10-14)39-24(28-16)30-21(35)12-33(23(37)5-3-1-2-4-20(34)32-38)13-22(36)31-25-29-17-9-7-15(27)11-19(17)40-25/h6-11,38H,1-5,12-13H2,(H,32,34)(H,28,30,35)(H,29,31,36). The molecule has 0 aliphatic carbocycles. The quantitative estimate of drug-likeness (QED) is 0.110. The molecule has 0 aliphatic rings. The number of benzene rings is 2. The van der Waals surface area contributed by atoms with Crippen molar-refractivity contribution in [1.82, 2.24) is 20.3 Å². The van der Waals surface area contributed by atoms with Crippen LogP contribution >= 0.6 is 22.7 Å². The third kappa shape index (κ3) is 7.97. The minimum atomic E-state index is -0.601. The first-order valence-electron chi connectivity index (χ1n) is 12.1. The number of hydroxylamine groups is 1. The summed E-state index contributed by atoms with van der Waals surface area (Å²) >= 11 is 2.14.